The molecule has 0 aromatic carbocycles. The van der Waals surface area contributed by atoms with Gasteiger partial charge in [0.05, 0.1) is 0 Å². The van der Waals surface area contributed by atoms with Crippen LogP contribution in [0, 0.1) is 7.05 Å². The van der Waals surface area contributed by atoms with Crippen LogP contribution in [0.1, 0.15) is 20.8 Å². The van der Waals surface area contributed by atoms with Gasteiger partial charge in [0.2, 0.25) is 0 Å². The smallest absolute Gasteiger partial charge is 0.422 e. The van der Waals surface area contributed by atoms with Crippen LogP contribution in [-0.2, 0) is 4.74 Å². The molecule has 1 aliphatic heterocycles. The van der Waals surface area contributed by atoms with Crippen molar-refractivity contribution in [3.8, 4) is 0 Å². The molecule has 5 heteroatoms. The first-order valence-electron chi connectivity index (χ1n) is 5.17. The van der Waals surface area contributed by atoms with Crippen LogP contribution in [0.5, 0.6) is 0 Å². The van der Waals surface area contributed by atoms with Crippen molar-refractivity contribution in [3.05, 3.63) is 7.05 Å². The summed E-state index contributed by atoms with van der Waals surface area (Å²) in [6.07, 6.45) is -0.389. The molecule has 15 heavy (non-hydrogen) atoms. The van der Waals surface area contributed by atoms with Gasteiger partial charge >= 0.3 is 6.09 Å². The number of rotatable bonds is 1. The highest BCUT2D eigenvalue weighted by Crippen LogP contribution is 2.07. The lowest BCUT2D eigenvalue weighted by Crippen LogP contribution is -2.53. The van der Waals surface area contributed by atoms with E-state index in [0.717, 1.165) is 26.2 Å². The molecule has 1 saturated heterocycles. The quantitative estimate of drug-likeness (QED) is 0.657. The van der Waals surface area contributed by atoms with Gasteiger partial charge in [0, 0.05) is 13.1 Å². The summed E-state index contributed by atoms with van der Waals surface area (Å²) < 4.78 is 5.15. The van der Waals surface area contributed by atoms with Gasteiger partial charge in [0.1, 0.15) is 5.60 Å². The van der Waals surface area contributed by atoms with Gasteiger partial charge in [0.25, 0.3) is 0 Å². The topological polar surface area (TPSA) is 44.8 Å². The molecule has 0 unspecified atom stereocenters. The summed E-state index contributed by atoms with van der Waals surface area (Å²) in [5.74, 6) is 0. The molecule has 1 heterocycles. The molecule has 1 fully saturated rings. The fraction of sp³-hybridized carbons (Fsp3) is 0.800. The van der Waals surface area contributed by atoms with Crippen molar-refractivity contribution in [2.75, 3.05) is 26.2 Å². The Morgan fingerprint density at radius 3 is 2.27 bits per heavy atom. The SMILES string of the molecule is [CH2-]N1CCN(NC(=O)OC(C)(C)C)CC1. The average Bonchev–Trinajstić information content (AvgIpc) is 2.05. The number of piperazine rings is 1. The van der Waals surface area contributed by atoms with Crippen molar-refractivity contribution < 1.29 is 9.53 Å². The zero-order valence-electron chi connectivity index (χ0n) is 9.75. The Kier molecular flexibility index (Phi) is 3.93. The molecule has 1 amide bonds. The summed E-state index contributed by atoms with van der Waals surface area (Å²) in [4.78, 5) is 13.4. The van der Waals surface area contributed by atoms with Crippen LogP contribution < -0.4 is 5.43 Å². The Hall–Kier alpha value is -0.810. The number of carbonyl (C=O) groups excluding carboxylic acids is 1. The first-order valence-corrected chi connectivity index (χ1v) is 5.17. The van der Waals surface area contributed by atoms with Crippen LogP contribution in [0.4, 0.5) is 4.79 Å². The van der Waals surface area contributed by atoms with Crippen LogP contribution in [0.2, 0.25) is 0 Å². The number of amides is 1. The highest BCUT2D eigenvalue weighted by atomic mass is 16.6. The van der Waals surface area contributed by atoms with Crippen molar-refractivity contribution in [3.63, 3.8) is 0 Å². The largest absolute Gasteiger partial charge is 0.457 e. The van der Waals surface area contributed by atoms with E-state index in [1.807, 2.05) is 30.7 Å². The Morgan fingerprint density at radius 1 is 1.27 bits per heavy atom. The summed E-state index contributed by atoms with van der Waals surface area (Å²) in [6, 6.07) is 0. The molecule has 1 N–H and O–H groups in total. The fourth-order valence-electron chi connectivity index (χ4n) is 1.29. The highest BCUT2D eigenvalue weighted by molar-refractivity contribution is 5.67. The molecule has 0 aliphatic carbocycles. The first kappa shape index (κ1) is 12.3. The van der Waals surface area contributed by atoms with Crippen LogP contribution >= 0.6 is 0 Å². The van der Waals surface area contributed by atoms with E-state index < -0.39 is 5.60 Å². The second-order valence-corrected chi connectivity index (χ2v) is 4.72. The summed E-state index contributed by atoms with van der Waals surface area (Å²) >= 11 is 0. The number of carbonyl (C=O) groups is 1. The monoisotopic (exact) mass is 214 g/mol. The van der Waals surface area contributed by atoms with Crippen LogP contribution in [-0.4, -0.2) is 47.8 Å². The maximum atomic E-state index is 11.4. The Morgan fingerprint density at radius 2 is 1.80 bits per heavy atom. The van der Waals surface area contributed by atoms with Gasteiger partial charge in [-0.1, -0.05) is 0 Å². The lowest BCUT2D eigenvalue weighted by atomic mass is 10.2. The fourth-order valence-corrected chi connectivity index (χ4v) is 1.29. The van der Waals surface area contributed by atoms with Gasteiger partial charge in [-0.15, -0.1) is 0 Å². The summed E-state index contributed by atoms with van der Waals surface area (Å²) in [5.41, 5.74) is 2.27. The maximum absolute atomic E-state index is 11.4. The number of nitrogens with zero attached hydrogens (tertiary/aromatic N) is 2. The molecule has 0 bridgehead atoms. The summed E-state index contributed by atoms with van der Waals surface area (Å²) in [5, 5.41) is 1.86. The third kappa shape index (κ3) is 4.99. The van der Waals surface area contributed by atoms with Crippen molar-refractivity contribution in [2.45, 2.75) is 26.4 Å². The zero-order valence-corrected chi connectivity index (χ0v) is 9.75. The third-order valence-corrected chi connectivity index (χ3v) is 2.02. The highest BCUT2D eigenvalue weighted by Gasteiger charge is 2.19. The van der Waals surface area contributed by atoms with Gasteiger partial charge in [-0.2, -0.15) is 0 Å². The molecule has 0 aromatic heterocycles. The molecule has 88 valence electrons. The van der Waals surface area contributed by atoms with Gasteiger partial charge in [-0.25, -0.2) is 9.80 Å². The number of hydrogen-bond donors (Lipinski definition) is 1. The normalized spacial score (nSPS) is 20.0. The molecular formula is C10H20N3O2-. The van der Waals surface area contributed by atoms with E-state index in [1.165, 1.54) is 0 Å². The predicted molar refractivity (Wildman–Crippen MR) is 57.9 cm³/mol. The predicted octanol–water partition coefficient (Wildman–Crippen LogP) is 0.835. The molecule has 1 rings (SSSR count). The second-order valence-electron chi connectivity index (χ2n) is 4.72. The molecule has 0 atom stereocenters. The third-order valence-electron chi connectivity index (χ3n) is 2.02. The molecule has 0 aromatic rings. The minimum absolute atomic E-state index is 0.389. The second kappa shape index (κ2) is 4.81. The van der Waals surface area contributed by atoms with E-state index >= 15 is 0 Å². The maximum Gasteiger partial charge on any atom is 0.422 e. The number of hydrazine groups is 1. The van der Waals surface area contributed by atoms with Crippen LogP contribution in [0.25, 0.3) is 0 Å². The first-order chi connectivity index (χ1) is 6.87. The Labute approximate surface area is 91.3 Å². The van der Waals surface area contributed by atoms with Crippen molar-refractivity contribution in [2.24, 2.45) is 0 Å². The lowest BCUT2D eigenvalue weighted by Gasteiger charge is -2.37. The average molecular weight is 214 g/mol. The van der Waals surface area contributed by atoms with Gasteiger partial charge in [-0.3, -0.25) is 12.5 Å². The minimum atomic E-state index is -0.446. The summed E-state index contributed by atoms with van der Waals surface area (Å²) in [6.45, 7) is 8.82. The van der Waals surface area contributed by atoms with Gasteiger partial charge in [0.15, 0.2) is 0 Å². The van der Waals surface area contributed by atoms with E-state index in [2.05, 4.69) is 12.5 Å². The zero-order chi connectivity index (χ0) is 11.5. The van der Waals surface area contributed by atoms with E-state index in [1.54, 1.807) is 0 Å². The summed E-state index contributed by atoms with van der Waals surface area (Å²) in [7, 11) is 3.83. The Bertz CT molecular complexity index is 217. The molecule has 1 aliphatic rings. The molecule has 0 spiro atoms. The van der Waals surface area contributed by atoms with Crippen LogP contribution in [0.3, 0.4) is 0 Å². The standard InChI is InChI=1S/C10H20N3O2/c1-10(2,3)15-9(14)11-13-7-5-12(4)6-8-13/h4-8H2,1-3H3,(H,11,14)/q-1. The molecule has 0 radical (unpaired) electrons. The van der Waals surface area contributed by atoms with Gasteiger partial charge < -0.3 is 9.64 Å². The molecule has 5 nitrogen and oxygen atoms in total. The van der Waals surface area contributed by atoms with E-state index in [4.69, 9.17) is 4.74 Å². The lowest BCUT2D eigenvalue weighted by molar-refractivity contribution is 0.0255. The van der Waals surface area contributed by atoms with E-state index in [-0.39, 0.29) is 6.09 Å². The minimum Gasteiger partial charge on any atom is -0.457 e. The van der Waals surface area contributed by atoms with E-state index in [9.17, 15) is 4.79 Å². The van der Waals surface area contributed by atoms with Crippen LogP contribution in [0.15, 0.2) is 0 Å². The van der Waals surface area contributed by atoms with Crippen molar-refractivity contribution >= 4 is 6.09 Å². The van der Waals surface area contributed by atoms with Crippen molar-refractivity contribution in [1.29, 1.82) is 0 Å². The van der Waals surface area contributed by atoms with Crippen molar-refractivity contribution in [1.82, 2.24) is 15.3 Å². The molecular weight excluding hydrogens is 194 g/mol. The Balaban J connectivity index is 2.27. The number of nitrogens with one attached hydrogen (secondary N) is 1. The molecule has 0 saturated carbocycles. The van der Waals surface area contributed by atoms with Gasteiger partial charge in [-0.05, 0) is 33.9 Å². The van der Waals surface area contributed by atoms with E-state index in [0.29, 0.717) is 0 Å². The number of ether oxygens (including phenoxy) is 1. The number of hydrogen-bond acceptors (Lipinski definition) is 4.